The lowest BCUT2D eigenvalue weighted by molar-refractivity contribution is 0.289. The minimum absolute atomic E-state index is 0.0930. The maximum absolute atomic E-state index is 13.4. The minimum atomic E-state index is -0.489. The van der Waals surface area contributed by atoms with Crippen molar-refractivity contribution in [1.29, 1.82) is 0 Å². The Bertz CT molecular complexity index is 342. The molecule has 0 aromatic heterocycles. The molecular formula is C13H19ClFNO. The molecule has 0 aliphatic heterocycles. The molecule has 2 nitrogen and oxygen atoms in total. The highest BCUT2D eigenvalue weighted by Gasteiger charge is 2.07. The fraction of sp³-hybridized carbons (Fsp3) is 0.538. The molecule has 0 unspecified atom stereocenters. The van der Waals surface area contributed by atoms with E-state index in [9.17, 15) is 4.39 Å². The summed E-state index contributed by atoms with van der Waals surface area (Å²) in [6.07, 6.45) is 2.17. The largest absolute Gasteiger partial charge is 0.489 e. The highest BCUT2D eigenvalue weighted by atomic mass is 35.5. The van der Waals surface area contributed by atoms with E-state index in [1.165, 1.54) is 6.07 Å². The molecular weight excluding hydrogens is 241 g/mol. The second-order valence-electron chi connectivity index (χ2n) is 3.87. The predicted octanol–water partition coefficient (Wildman–Crippen LogP) is 3.64. The molecule has 0 saturated carbocycles. The molecule has 0 radical (unpaired) electrons. The van der Waals surface area contributed by atoms with Gasteiger partial charge in [-0.05, 0) is 25.0 Å². The lowest BCUT2D eigenvalue weighted by Gasteiger charge is -2.15. The molecule has 0 saturated heterocycles. The summed E-state index contributed by atoms with van der Waals surface area (Å²) in [6, 6.07) is 5.27. The zero-order valence-electron chi connectivity index (χ0n) is 10.3. The molecule has 0 aliphatic rings. The van der Waals surface area contributed by atoms with Crippen LogP contribution in [0.1, 0.15) is 26.7 Å². The van der Waals surface area contributed by atoms with Crippen LogP contribution in [0.15, 0.2) is 18.2 Å². The number of halogens is 2. The Hall–Kier alpha value is -0.800. The van der Waals surface area contributed by atoms with Crippen LogP contribution in [0.3, 0.4) is 0 Å². The van der Waals surface area contributed by atoms with E-state index in [-0.39, 0.29) is 10.8 Å². The SMILES string of the molecule is CCC(CC)NCCOc1cccc(Cl)c1F. The number of hydrogen-bond acceptors (Lipinski definition) is 2. The lowest BCUT2D eigenvalue weighted by atomic mass is 10.2. The number of nitrogens with one attached hydrogen (secondary N) is 1. The summed E-state index contributed by atoms with van der Waals surface area (Å²) in [5, 5.41) is 3.44. The van der Waals surface area contributed by atoms with Crippen LogP contribution in [0.5, 0.6) is 5.75 Å². The summed E-state index contributed by atoms with van der Waals surface area (Å²) < 4.78 is 18.8. The van der Waals surface area contributed by atoms with Crippen LogP contribution in [0.4, 0.5) is 4.39 Å². The van der Waals surface area contributed by atoms with E-state index in [0.717, 1.165) is 12.8 Å². The van der Waals surface area contributed by atoms with E-state index in [1.807, 2.05) is 0 Å². The van der Waals surface area contributed by atoms with Crippen molar-refractivity contribution in [3.05, 3.63) is 29.0 Å². The Morgan fingerprint density at radius 1 is 1.35 bits per heavy atom. The molecule has 0 spiro atoms. The maximum Gasteiger partial charge on any atom is 0.183 e. The van der Waals surface area contributed by atoms with Crippen LogP contribution in [-0.4, -0.2) is 19.2 Å². The van der Waals surface area contributed by atoms with Gasteiger partial charge in [-0.25, -0.2) is 4.39 Å². The summed E-state index contributed by atoms with van der Waals surface area (Å²) in [5.41, 5.74) is 0. The summed E-state index contributed by atoms with van der Waals surface area (Å²) >= 11 is 5.65. The molecule has 0 bridgehead atoms. The van der Waals surface area contributed by atoms with E-state index in [4.69, 9.17) is 16.3 Å². The summed E-state index contributed by atoms with van der Waals surface area (Å²) in [5.74, 6) is -0.277. The number of ether oxygens (including phenoxy) is 1. The van der Waals surface area contributed by atoms with Gasteiger partial charge in [-0.2, -0.15) is 0 Å². The van der Waals surface area contributed by atoms with Crippen molar-refractivity contribution in [1.82, 2.24) is 5.32 Å². The van der Waals surface area contributed by atoms with Gasteiger partial charge in [-0.3, -0.25) is 0 Å². The van der Waals surface area contributed by atoms with Gasteiger partial charge < -0.3 is 10.1 Å². The Kier molecular flexibility index (Phi) is 6.30. The molecule has 0 amide bonds. The van der Waals surface area contributed by atoms with Crippen LogP contribution < -0.4 is 10.1 Å². The van der Waals surface area contributed by atoms with Crippen molar-refractivity contribution in [2.24, 2.45) is 0 Å². The Morgan fingerprint density at radius 2 is 2.06 bits per heavy atom. The standard InChI is InChI=1S/C13H19ClFNO/c1-3-10(4-2)16-8-9-17-12-7-5-6-11(14)13(12)15/h5-7,10,16H,3-4,8-9H2,1-2H3. The first-order valence-corrected chi connectivity index (χ1v) is 6.37. The number of benzene rings is 1. The first-order chi connectivity index (χ1) is 8.19. The zero-order valence-corrected chi connectivity index (χ0v) is 11.1. The molecule has 96 valence electrons. The van der Waals surface area contributed by atoms with E-state index in [0.29, 0.717) is 19.2 Å². The second kappa shape index (κ2) is 7.51. The van der Waals surface area contributed by atoms with Crippen molar-refractivity contribution in [3.8, 4) is 5.75 Å². The molecule has 1 rings (SSSR count). The molecule has 17 heavy (non-hydrogen) atoms. The normalized spacial score (nSPS) is 10.9. The van der Waals surface area contributed by atoms with Gasteiger partial charge in [-0.15, -0.1) is 0 Å². The third-order valence-corrected chi connectivity index (χ3v) is 2.99. The topological polar surface area (TPSA) is 21.3 Å². The molecule has 0 heterocycles. The first kappa shape index (κ1) is 14.3. The van der Waals surface area contributed by atoms with Gasteiger partial charge in [0.25, 0.3) is 0 Å². The number of hydrogen-bond donors (Lipinski definition) is 1. The van der Waals surface area contributed by atoms with E-state index in [1.54, 1.807) is 12.1 Å². The fourth-order valence-electron chi connectivity index (χ4n) is 1.60. The molecule has 0 aliphatic carbocycles. The van der Waals surface area contributed by atoms with E-state index < -0.39 is 5.82 Å². The van der Waals surface area contributed by atoms with Crippen molar-refractivity contribution in [2.75, 3.05) is 13.2 Å². The third kappa shape index (κ3) is 4.52. The van der Waals surface area contributed by atoms with Crippen LogP contribution in [-0.2, 0) is 0 Å². The minimum Gasteiger partial charge on any atom is -0.489 e. The van der Waals surface area contributed by atoms with Crippen LogP contribution in [0.2, 0.25) is 5.02 Å². The molecule has 0 atom stereocenters. The maximum atomic E-state index is 13.4. The Balaban J connectivity index is 2.33. The molecule has 1 aromatic rings. The monoisotopic (exact) mass is 259 g/mol. The van der Waals surface area contributed by atoms with Gasteiger partial charge in [0, 0.05) is 12.6 Å². The third-order valence-electron chi connectivity index (χ3n) is 2.69. The Labute approximate surface area is 107 Å². The zero-order chi connectivity index (χ0) is 12.7. The van der Waals surface area contributed by atoms with Gasteiger partial charge in [0.15, 0.2) is 11.6 Å². The van der Waals surface area contributed by atoms with Gasteiger partial charge in [-0.1, -0.05) is 31.5 Å². The average Bonchev–Trinajstić information content (AvgIpc) is 2.34. The molecule has 0 fully saturated rings. The van der Waals surface area contributed by atoms with Crippen molar-refractivity contribution >= 4 is 11.6 Å². The van der Waals surface area contributed by atoms with Gasteiger partial charge in [0.2, 0.25) is 0 Å². The van der Waals surface area contributed by atoms with E-state index >= 15 is 0 Å². The average molecular weight is 260 g/mol. The predicted molar refractivity (Wildman–Crippen MR) is 69.3 cm³/mol. The molecule has 1 N–H and O–H groups in total. The van der Waals surface area contributed by atoms with Gasteiger partial charge in [0.05, 0.1) is 5.02 Å². The molecule has 1 aromatic carbocycles. The fourth-order valence-corrected chi connectivity index (χ4v) is 1.76. The first-order valence-electron chi connectivity index (χ1n) is 5.99. The van der Waals surface area contributed by atoms with Crippen LogP contribution >= 0.6 is 11.6 Å². The van der Waals surface area contributed by atoms with Crippen LogP contribution in [0, 0.1) is 5.82 Å². The molecule has 4 heteroatoms. The summed E-state index contributed by atoms with van der Waals surface area (Å²) in [7, 11) is 0. The van der Waals surface area contributed by atoms with Crippen molar-refractivity contribution in [2.45, 2.75) is 32.7 Å². The van der Waals surface area contributed by atoms with Gasteiger partial charge in [0.1, 0.15) is 6.61 Å². The van der Waals surface area contributed by atoms with Crippen LogP contribution in [0.25, 0.3) is 0 Å². The number of rotatable bonds is 7. The lowest BCUT2D eigenvalue weighted by Crippen LogP contribution is -2.31. The van der Waals surface area contributed by atoms with Gasteiger partial charge >= 0.3 is 0 Å². The quantitative estimate of drug-likeness (QED) is 0.755. The summed E-state index contributed by atoms with van der Waals surface area (Å²) in [6.45, 7) is 5.42. The Morgan fingerprint density at radius 3 is 2.71 bits per heavy atom. The van der Waals surface area contributed by atoms with E-state index in [2.05, 4.69) is 19.2 Å². The van der Waals surface area contributed by atoms with Crippen molar-refractivity contribution < 1.29 is 9.13 Å². The summed E-state index contributed by atoms with van der Waals surface area (Å²) in [4.78, 5) is 0. The van der Waals surface area contributed by atoms with Crippen molar-refractivity contribution in [3.63, 3.8) is 0 Å². The smallest absolute Gasteiger partial charge is 0.183 e. The highest BCUT2D eigenvalue weighted by Crippen LogP contribution is 2.23. The second-order valence-corrected chi connectivity index (χ2v) is 4.28. The highest BCUT2D eigenvalue weighted by molar-refractivity contribution is 6.30.